The van der Waals surface area contributed by atoms with E-state index >= 15 is 4.39 Å². The van der Waals surface area contributed by atoms with Gasteiger partial charge in [0.25, 0.3) is 5.91 Å². The Bertz CT molecular complexity index is 1190. The molecule has 2 aromatic heterocycles. The van der Waals surface area contributed by atoms with Gasteiger partial charge in [-0.05, 0) is 30.3 Å². The number of amides is 1. The smallest absolute Gasteiger partial charge is 0.256 e. The molecule has 0 bridgehead atoms. The van der Waals surface area contributed by atoms with E-state index < -0.39 is 32.9 Å². The Morgan fingerprint density at radius 1 is 1.29 bits per heavy atom. The number of aliphatic hydroxyl groups excluding tert-OH is 1. The summed E-state index contributed by atoms with van der Waals surface area (Å²) >= 11 is 0. The molecule has 4 rings (SSSR count). The largest absolute Gasteiger partial charge is 0.408 e. The summed E-state index contributed by atoms with van der Waals surface area (Å²) in [6.07, 6.45) is -1.66. The monoisotopic (exact) mass is 488 g/mol. The number of nitrogens with zero attached hydrogens (tertiary/aromatic N) is 4. The SMILES string of the molecule is [2H]OC[C@H]1OC(n2cnc3c(NC(=O)c4ccccc4)ncnc32)[C@H](F)[C@@H]1O[Si](C)(C)C(C)(C)C. The Morgan fingerprint density at radius 3 is 2.71 bits per heavy atom. The molecule has 3 heterocycles. The summed E-state index contributed by atoms with van der Waals surface area (Å²) in [5.74, 6) is -0.146. The summed E-state index contributed by atoms with van der Waals surface area (Å²) in [6, 6.07) is 8.71. The summed E-state index contributed by atoms with van der Waals surface area (Å²) in [6.45, 7) is 10.1. The van der Waals surface area contributed by atoms with Gasteiger partial charge in [0.2, 0.25) is 1.43 Å². The van der Waals surface area contributed by atoms with Crippen LogP contribution in [0.5, 0.6) is 0 Å². The number of hydrogen-bond acceptors (Lipinski definition) is 7. The molecular formula is C23H30FN5O4Si. The first-order chi connectivity index (χ1) is 16.5. The molecule has 9 nitrogen and oxygen atoms in total. The Kier molecular flexibility index (Phi) is 6.19. The van der Waals surface area contributed by atoms with Gasteiger partial charge < -0.3 is 19.6 Å². The van der Waals surface area contributed by atoms with E-state index in [1.807, 2.05) is 19.2 Å². The van der Waals surface area contributed by atoms with Gasteiger partial charge in [0.05, 0.1) is 12.9 Å². The molecule has 34 heavy (non-hydrogen) atoms. The highest BCUT2D eigenvalue weighted by Crippen LogP contribution is 2.42. The molecule has 1 amide bonds. The highest BCUT2D eigenvalue weighted by atomic mass is 28.4. The second kappa shape index (κ2) is 9.14. The fourth-order valence-electron chi connectivity index (χ4n) is 3.61. The van der Waals surface area contributed by atoms with E-state index in [2.05, 4.69) is 46.1 Å². The number of halogens is 1. The van der Waals surface area contributed by atoms with Gasteiger partial charge in [-0.1, -0.05) is 39.0 Å². The maximum atomic E-state index is 15.9. The minimum atomic E-state index is -2.35. The van der Waals surface area contributed by atoms with Gasteiger partial charge in [0.15, 0.2) is 37.7 Å². The number of ether oxygens (including phenoxy) is 1. The summed E-state index contributed by atoms with van der Waals surface area (Å²) in [4.78, 5) is 25.4. The van der Waals surface area contributed by atoms with Crippen molar-refractivity contribution in [2.24, 2.45) is 0 Å². The third kappa shape index (κ3) is 4.48. The topological polar surface area (TPSA) is 111 Å². The van der Waals surface area contributed by atoms with Crippen molar-refractivity contribution in [3.63, 3.8) is 0 Å². The minimum Gasteiger partial charge on any atom is -0.408 e. The molecule has 1 aliphatic rings. The zero-order valence-electron chi connectivity index (χ0n) is 20.9. The second-order valence-corrected chi connectivity index (χ2v) is 14.6. The highest BCUT2D eigenvalue weighted by molar-refractivity contribution is 6.74. The van der Waals surface area contributed by atoms with Crippen molar-refractivity contribution in [3.05, 3.63) is 48.5 Å². The first kappa shape index (κ1) is 23.0. The fourth-order valence-corrected chi connectivity index (χ4v) is 4.92. The number of hydrogen-bond donors (Lipinski definition) is 2. The number of alkyl halides is 1. The van der Waals surface area contributed by atoms with Crippen LogP contribution in [-0.4, -0.2) is 65.3 Å². The van der Waals surface area contributed by atoms with Crippen molar-refractivity contribution < 1.29 is 23.5 Å². The minimum absolute atomic E-state index is 0.141. The summed E-state index contributed by atoms with van der Waals surface area (Å²) in [5, 5.41) is 7.15. The molecule has 0 aliphatic carbocycles. The van der Waals surface area contributed by atoms with Crippen LogP contribution in [0.15, 0.2) is 43.0 Å². The van der Waals surface area contributed by atoms with Crippen molar-refractivity contribution >= 4 is 31.2 Å². The van der Waals surface area contributed by atoms with E-state index in [-0.39, 0.29) is 23.4 Å². The quantitative estimate of drug-likeness (QED) is 0.488. The van der Waals surface area contributed by atoms with E-state index in [0.29, 0.717) is 16.7 Å². The zero-order valence-corrected chi connectivity index (χ0v) is 20.9. The molecule has 3 aromatic rings. The molecule has 1 aliphatic heterocycles. The Labute approximate surface area is 200 Å². The zero-order chi connectivity index (χ0) is 25.4. The van der Waals surface area contributed by atoms with Gasteiger partial charge in [0, 0.05) is 5.56 Å². The van der Waals surface area contributed by atoms with Gasteiger partial charge in [-0.2, -0.15) is 0 Å². The molecule has 4 atom stereocenters. The van der Waals surface area contributed by atoms with Crippen LogP contribution in [0.25, 0.3) is 11.2 Å². The van der Waals surface area contributed by atoms with Crippen LogP contribution >= 0.6 is 0 Å². The average molecular weight is 489 g/mol. The van der Waals surface area contributed by atoms with Crippen LogP contribution in [0.2, 0.25) is 18.1 Å². The number of carbonyl (C=O) groups is 1. The lowest BCUT2D eigenvalue weighted by Gasteiger charge is -2.39. The maximum Gasteiger partial charge on any atom is 0.256 e. The normalized spacial score (nSPS) is 23.8. The van der Waals surface area contributed by atoms with Crippen LogP contribution in [0.1, 0.15) is 37.4 Å². The van der Waals surface area contributed by atoms with Gasteiger partial charge in [-0.25, -0.2) is 19.3 Å². The molecule has 1 aromatic carbocycles. The summed E-state index contributed by atoms with van der Waals surface area (Å²) in [5.41, 5.74) is 1.06. The van der Waals surface area contributed by atoms with Crippen LogP contribution in [0.3, 0.4) is 0 Å². The molecule has 2 N–H and O–H groups in total. The fraction of sp³-hybridized carbons (Fsp3) is 0.478. The van der Waals surface area contributed by atoms with Crippen molar-refractivity contribution in [2.45, 2.75) is 63.5 Å². The van der Waals surface area contributed by atoms with E-state index in [1.54, 1.807) is 24.3 Å². The molecule has 0 radical (unpaired) electrons. The van der Waals surface area contributed by atoms with E-state index in [4.69, 9.17) is 10.6 Å². The molecule has 182 valence electrons. The third-order valence-corrected chi connectivity index (χ3v) is 11.0. The molecule has 1 saturated heterocycles. The summed E-state index contributed by atoms with van der Waals surface area (Å²) in [7, 11) is -2.35. The molecular weight excluding hydrogens is 457 g/mol. The predicted octanol–water partition coefficient (Wildman–Crippen LogP) is 3.70. The third-order valence-electron chi connectivity index (χ3n) is 6.57. The van der Waals surface area contributed by atoms with Gasteiger partial charge in [-0.15, -0.1) is 0 Å². The lowest BCUT2D eigenvalue weighted by molar-refractivity contribution is -0.0445. The lowest BCUT2D eigenvalue weighted by Crippen LogP contribution is -2.49. The van der Waals surface area contributed by atoms with E-state index in [1.165, 1.54) is 17.2 Å². The first-order valence-electron chi connectivity index (χ1n) is 11.5. The number of fused-ring (bicyclic) bond motifs is 1. The number of benzene rings is 1. The van der Waals surface area contributed by atoms with Crippen molar-refractivity contribution in [1.82, 2.24) is 19.5 Å². The Hall–Kier alpha value is -2.73. The molecule has 0 spiro atoms. The van der Waals surface area contributed by atoms with Gasteiger partial charge >= 0.3 is 0 Å². The number of aromatic nitrogens is 4. The molecule has 1 unspecified atom stereocenters. The van der Waals surface area contributed by atoms with Crippen LogP contribution in [0, 0.1) is 0 Å². The maximum absolute atomic E-state index is 15.9. The number of rotatable bonds is 7. The molecule has 11 heteroatoms. The first-order valence-corrected chi connectivity index (χ1v) is 14.0. The number of imidazole rings is 1. The van der Waals surface area contributed by atoms with Crippen molar-refractivity contribution in [1.29, 1.82) is 1.43 Å². The average Bonchev–Trinajstić information content (AvgIpc) is 3.36. The van der Waals surface area contributed by atoms with Gasteiger partial charge in [-0.3, -0.25) is 9.36 Å². The van der Waals surface area contributed by atoms with E-state index in [9.17, 15) is 4.79 Å². The van der Waals surface area contributed by atoms with E-state index in [0.717, 1.165) is 0 Å². The Morgan fingerprint density at radius 2 is 2.03 bits per heavy atom. The van der Waals surface area contributed by atoms with Crippen molar-refractivity contribution in [3.8, 4) is 0 Å². The van der Waals surface area contributed by atoms with Crippen LogP contribution in [-0.2, 0) is 9.16 Å². The van der Waals surface area contributed by atoms with Crippen LogP contribution in [0.4, 0.5) is 10.2 Å². The summed E-state index contributed by atoms with van der Waals surface area (Å²) < 4.78 is 36.9. The van der Waals surface area contributed by atoms with Crippen LogP contribution < -0.4 is 5.32 Å². The lowest BCUT2D eigenvalue weighted by atomic mass is 10.1. The molecule has 1 fully saturated rings. The standard InChI is InChI=1S/C23H30FN5O4Si/c1-23(2,3)34(4,5)33-18-15(11-30)32-22(16(18)24)29-13-27-17-19(25-12-26-20(17)29)28-21(31)14-9-7-6-8-10-14/h6-10,12-13,15-16,18,22,30H,11H2,1-5H3,(H,25,26,28,31)/t15-,16-,18-,22?/m1/s1/i30D. The van der Waals surface area contributed by atoms with Crippen molar-refractivity contribution in [2.75, 3.05) is 11.9 Å². The second-order valence-electron chi connectivity index (χ2n) is 9.89. The Balaban J connectivity index is 1.62. The number of carbonyl (C=O) groups excluding carboxylic acids is 1. The predicted molar refractivity (Wildman–Crippen MR) is 128 cm³/mol. The van der Waals surface area contributed by atoms with Gasteiger partial charge in [0.1, 0.15) is 18.5 Å². The highest BCUT2D eigenvalue weighted by Gasteiger charge is 2.51. The number of anilines is 1. The number of aliphatic hydroxyl groups is 1. The molecule has 0 saturated carbocycles. The number of nitrogens with one attached hydrogen (secondary N) is 1.